The summed E-state index contributed by atoms with van der Waals surface area (Å²) in [6.07, 6.45) is 29.2. The predicted octanol–water partition coefficient (Wildman–Crippen LogP) is 9.66. The molecule has 0 bridgehead atoms. The first-order valence-electron chi connectivity index (χ1n) is 12.7. The first-order chi connectivity index (χ1) is 13.1. The maximum atomic E-state index is 5.62. The van der Waals surface area contributed by atoms with Crippen LogP contribution in [-0.4, -0.2) is 15.4 Å². The van der Waals surface area contributed by atoms with Crippen LogP contribution in [0.25, 0.3) is 0 Å². The predicted molar refractivity (Wildman–Crippen MR) is 127 cm³/mol. The van der Waals surface area contributed by atoms with Crippen LogP contribution in [0.3, 0.4) is 0 Å². The highest BCUT2D eigenvalue weighted by atomic mass is 28.4. The third-order valence-electron chi connectivity index (χ3n) is 6.18. The molecule has 0 saturated carbocycles. The second kappa shape index (κ2) is 20.9. The van der Waals surface area contributed by atoms with Gasteiger partial charge in [-0.25, -0.2) is 0 Å². The van der Waals surface area contributed by atoms with Crippen LogP contribution in [0.5, 0.6) is 0 Å². The van der Waals surface area contributed by atoms with E-state index in [2.05, 4.69) is 20.0 Å². The fraction of sp³-hybridized carbons (Fsp3) is 1.00. The van der Waals surface area contributed by atoms with Gasteiger partial charge < -0.3 is 4.43 Å². The Morgan fingerprint density at radius 1 is 0.444 bits per heavy atom. The Morgan fingerprint density at radius 2 is 0.704 bits per heavy atom. The van der Waals surface area contributed by atoms with Gasteiger partial charge in [0.2, 0.25) is 0 Å². The maximum absolute atomic E-state index is 5.62. The Kier molecular flexibility index (Phi) is 21.0. The lowest BCUT2D eigenvalue weighted by atomic mass is 10.0. The average molecular weight is 399 g/mol. The lowest BCUT2D eigenvalue weighted by Gasteiger charge is -2.19. The molecule has 0 radical (unpaired) electrons. The largest absolute Gasteiger partial charge is 0.420 e. The zero-order chi connectivity index (χ0) is 20.1. The van der Waals surface area contributed by atoms with E-state index in [0.717, 1.165) is 0 Å². The smallest absolute Gasteiger partial charge is 0.186 e. The van der Waals surface area contributed by atoms with Crippen LogP contribution in [0.2, 0.25) is 19.1 Å². The van der Waals surface area contributed by atoms with E-state index in [-0.39, 0.29) is 0 Å². The molecule has 1 nitrogen and oxygen atoms in total. The van der Waals surface area contributed by atoms with Crippen molar-refractivity contribution in [3.05, 3.63) is 0 Å². The molecule has 0 fully saturated rings. The molecule has 164 valence electrons. The van der Waals surface area contributed by atoms with Gasteiger partial charge in [-0.05, 0) is 19.1 Å². The highest BCUT2D eigenvalue weighted by molar-refractivity contribution is 6.71. The number of hydrogen-bond donors (Lipinski definition) is 0. The molecule has 0 atom stereocenters. The lowest BCUT2D eigenvalue weighted by Crippen LogP contribution is -2.27. The number of hydrogen-bond acceptors (Lipinski definition) is 1. The maximum Gasteiger partial charge on any atom is 0.186 e. The third-order valence-corrected chi connectivity index (χ3v) is 8.85. The van der Waals surface area contributed by atoms with Gasteiger partial charge in [0.15, 0.2) is 8.32 Å². The van der Waals surface area contributed by atoms with Crippen molar-refractivity contribution in [3.63, 3.8) is 0 Å². The van der Waals surface area contributed by atoms with Crippen molar-refractivity contribution in [1.82, 2.24) is 0 Å². The molecule has 0 aliphatic heterocycles. The van der Waals surface area contributed by atoms with Gasteiger partial charge in [0, 0.05) is 7.11 Å². The van der Waals surface area contributed by atoms with Crippen LogP contribution >= 0.6 is 0 Å². The molecule has 0 aliphatic rings. The molecule has 0 aliphatic carbocycles. The summed E-state index contributed by atoms with van der Waals surface area (Å²) in [5, 5.41) is 0. The summed E-state index contributed by atoms with van der Waals surface area (Å²) in [6, 6.07) is 1.34. The van der Waals surface area contributed by atoms with E-state index >= 15 is 0 Å². The standard InChI is InChI=1S/C25H54OSi/c1-5-6-7-8-9-10-11-12-13-14-15-16-17-18-19-20-21-22-23-24-25-27(3,4)26-2/h5-25H2,1-4H3. The van der Waals surface area contributed by atoms with Crippen molar-refractivity contribution in [3.8, 4) is 0 Å². The molecular formula is C25H54OSi. The Bertz CT molecular complexity index is 277. The van der Waals surface area contributed by atoms with E-state index in [1.54, 1.807) is 0 Å². The average Bonchev–Trinajstić information content (AvgIpc) is 2.66. The number of unbranched alkanes of at least 4 members (excludes halogenated alkanes) is 19. The fourth-order valence-corrected chi connectivity index (χ4v) is 5.21. The lowest BCUT2D eigenvalue weighted by molar-refractivity contribution is 0.400. The summed E-state index contributed by atoms with van der Waals surface area (Å²) < 4.78 is 5.62. The summed E-state index contributed by atoms with van der Waals surface area (Å²) in [6.45, 7) is 6.97. The second-order valence-electron chi connectivity index (χ2n) is 9.43. The molecule has 0 rings (SSSR count). The normalized spacial score (nSPS) is 12.0. The highest BCUT2D eigenvalue weighted by Gasteiger charge is 2.18. The molecule has 0 amide bonds. The fourth-order valence-electron chi connectivity index (χ4n) is 3.91. The van der Waals surface area contributed by atoms with Gasteiger partial charge in [-0.15, -0.1) is 0 Å². The first-order valence-corrected chi connectivity index (χ1v) is 15.8. The minimum atomic E-state index is -1.29. The molecule has 0 aromatic carbocycles. The van der Waals surface area contributed by atoms with Crippen LogP contribution in [0.4, 0.5) is 0 Å². The highest BCUT2D eigenvalue weighted by Crippen LogP contribution is 2.17. The second-order valence-corrected chi connectivity index (χ2v) is 13.9. The van der Waals surface area contributed by atoms with Gasteiger partial charge in [0.05, 0.1) is 0 Å². The molecule has 0 unspecified atom stereocenters. The minimum Gasteiger partial charge on any atom is -0.420 e. The quantitative estimate of drug-likeness (QED) is 0.130. The Labute approximate surface area is 174 Å². The van der Waals surface area contributed by atoms with E-state index in [0.29, 0.717) is 0 Å². The van der Waals surface area contributed by atoms with Crippen molar-refractivity contribution in [2.24, 2.45) is 0 Å². The molecule has 0 spiro atoms. The van der Waals surface area contributed by atoms with Gasteiger partial charge in [0.25, 0.3) is 0 Å². The number of rotatable bonds is 22. The van der Waals surface area contributed by atoms with Crippen LogP contribution < -0.4 is 0 Å². The van der Waals surface area contributed by atoms with Crippen molar-refractivity contribution < 1.29 is 4.43 Å². The Balaban J connectivity index is 3.05. The van der Waals surface area contributed by atoms with Crippen LogP contribution in [0.1, 0.15) is 135 Å². The van der Waals surface area contributed by atoms with Crippen molar-refractivity contribution >= 4 is 8.32 Å². The molecule has 0 N–H and O–H groups in total. The van der Waals surface area contributed by atoms with Crippen molar-refractivity contribution in [1.29, 1.82) is 0 Å². The van der Waals surface area contributed by atoms with Crippen LogP contribution in [-0.2, 0) is 4.43 Å². The molecule has 0 saturated heterocycles. The summed E-state index contributed by atoms with van der Waals surface area (Å²) >= 11 is 0. The van der Waals surface area contributed by atoms with Gasteiger partial charge in [-0.1, -0.05) is 135 Å². The van der Waals surface area contributed by atoms with Gasteiger partial charge in [0.1, 0.15) is 0 Å². The van der Waals surface area contributed by atoms with E-state index in [1.165, 1.54) is 134 Å². The first kappa shape index (κ1) is 27.2. The van der Waals surface area contributed by atoms with Gasteiger partial charge in [-0.3, -0.25) is 0 Å². The molecule has 2 heteroatoms. The summed E-state index contributed by atoms with van der Waals surface area (Å²) in [5.41, 5.74) is 0. The molecule has 27 heavy (non-hydrogen) atoms. The van der Waals surface area contributed by atoms with Gasteiger partial charge in [-0.2, -0.15) is 0 Å². The molecule has 0 aromatic rings. The molecule has 0 heterocycles. The molecule has 0 aromatic heterocycles. The van der Waals surface area contributed by atoms with E-state index < -0.39 is 8.32 Å². The monoisotopic (exact) mass is 398 g/mol. The van der Waals surface area contributed by atoms with Gasteiger partial charge >= 0.3 is 0 Å². The van der Waals surface area contributed by atoms with Crippen molar-refractivity contribution in [2.45, 2.75) is 154 Å². The molecular weight excluding hydrogens is 344 g/mol. The Hall–Kier alpha value is 0.177. The SMILES string of the molecule is CCCCCCCCCCCCCCCCCCCCCC[Si](C)(C)OC. The van der Waals surface area contributed by atoms with E-state index in [1.807, 2.05) is 7.11 Å². The summed E-state index contributed by atoms with van der Waals surface area (Å²) in [7, 11) is 0.601. The summed E-state index contributed by atoms with van der Waals surface area (Å²) in [5.74, 6) is 0. The van der Waals surface area contributed by atoms with Crippen LogP contribution in [0.15, 0.2) is 0 Å². The van der Waals surface area contributed by atoms with E-state index in [9.17, 15) is 0 Å². The van der Waals surface area contributed by atoms with Crippen LogP contribution in [0, 0.1) is 0 Å². The zero-order valence-electron chi connectivity index (χ0n) is 19.8. The van der Waals surface area contributed by atoms with Crippen molar-refractivity contribution in [2.75, 3.05) is 7.11 Å². The minimum absolute atomic E-state index is 1.29. The Morgan fingerprint density at radius 3 is 0.963 bits per heavy atom. The van der Waals surface area contributed by atoms with E-state index in [4.69, 9.17) is 4.43 Å². The summed E-state index contributed by atoms with van der Waals surface area (Å²) in [4.78, 5) is 0. The topological polar surface area (TPSA) is 9.23 Å². The zero-order valence-corrected chi connectivity index (χ0v) is 20.8. The third kappa shape index (κ3) is 22.3.